The third kappa shape index (κ3) is 4.25. The lowest BCUT2D eigenvalue weighted by Crippen LogP contribution is -2.34. The van der Waals surface area contributed by atoms with Crippen molar-refractivity contribution in [3.8, 4) is 5.75 Å². The molecule has 4 rings (SSSR count). The third-order valence-electron chi connectivity index (χ3n) is 5.01. The Kier molecular flexibility index (Phi) is 5.66. The lowest BCUT2D eigenvalue weighted by Gasteiger charge is -2.19. The third-order valence-corrected chi connectivity index (χ3v) is 5.01. The van der Waals surface area contributed by atoms with Crippen LogP contribution < -0.4 is 5.32 Å². The summed E-state index contributed by atoms with van der Waals surface area (Å²) >= 11 is 0. The lowest BCUT2D eigenvalue weighted by molar-refractivity contribution is -0.124. The molecule has 0 bridgehead atoms. The molecule has 0 aliphatic heterocycles. The van der Waals surface area contributed by atoms with E-state index < -0.39 is 24.5 Å². The maximum atomic E-state index is 12.6. The first-order valence-electron chi connectivity index (χ1n) is 9.74. The highest BCUT2D eigenvalue weighted by Crippen LogP contribution is 2.29. The van der Waals surface area contributed by atoms with Crippen molar-refractivity contribution in [1.82, 2.24) is 14.9 Å². The Bertz CT molecular complexity index is 1230. The number of hydrogen-bond acceptors (Lipinski definition) is 5. The van der Waals surface area contributed by atoms with Gasteiger partial charge in [-0.2, -0.15) is 0 Å². The van der Waals surface area contributed by atoms with Crippen LogP contribution in [0.2, 0.25) is 0 Å². The van der Waals surface area contributed by atoms with Crippen molar-refractivity contribution in [2.24, 2.45) is 7.05 Å². The summed E-state index contributed by atoms with van der Waals surface area (Å²) in [7, 11) is 1.84. The maximum absolute atomic E-state index is 12.6. The van der Waals surface area contributed by atoms with Crippen LogP contribution in [0, 0.1) is 0 Å². The highest BCUT2D eigenvalue weighted by molar-refractivity contribution is 6.01. The van der Waals surface area contributed by atoms with E-state index in [0.29, 0.717) is 11.2 Å². The quantitative estimate of drug-likeness (QED) is 0.471. The molecule has 0 aliphatic rings. The van der Waals surface area contributed by atoms with Gasteiger partial charge in [-0.1, -0.05) is 60.7 Å². The van der Waals surface area contributed by atoms with Gasteiger partial charge in [-0.15, -0.1) is 0 Å². The van der Waals surface area contributed by atoms with Gasteiger partial charge in [0.2, 0.25) is 0 Å². The maximum Gasteiger partial charge on any atom is 0.342 e. The van der Waals surface area contributed by atoms with E-state index >= 15 is 0 Å². The Morgan fingerprint density at radius 2 is 1.81 bits per heavy atom. The number of fused-ring (bicyclic) bond motifs is 1. The molecule has 1 atom stereocenters. The minimum absolute atomic E-state index is 0.00945. The summed E-state index contributed by atoms with van der Waals surface area (Å²) in [5, 5.41) is 14.6. The number of esters is 1. The fourth-order valence-electron chi connectivity index (χ4n) is 3.43. The van der Waals surface area contributed by atoms with Gasteiger partial charge in [0, 0.05) is 24.8 Å². The van der Waals surface area contributed by atoms with Crippen molar-refractivity contribution in [3.63, 3.8) is 0 Å². The van der Waals surface area contributed by atoms with Crippen LogP contribution in [0.1, 0.15) is 27.8 Å². The van der Waals surface area contributed by atoms with Crippen LogP contribution in [0.5, 0.6) is 5.75 Å². The topological polar surface area (TPSA) is 93.5 Å². The molecular weight excluding hydrogens is 394 g/mol. The number of carbonyl (C=O) groups is 2. The molecule has 0 saturated carbocycles. The number of aromatic nitrogens is 2. The van der Waals surface area contributed by atoms with Crippen molar-refractivity contribution < 1.29 is 19.4 Å². The monoisotopic (exact) mass is 415 g/mol. The molecule has 1 unspecified atom stereocenters. The lowest BCUT2D eigenvalue weighted by atomic mass is 10.1. The van der Waals surface area contributed by atoms with E-state index in [1.165, 1.54) is 6.07 Å². The van der Waals surface area contributed by atoms with Crippen molar-refractivity contribution in [3.05, 3.63) is 96.1 Å². The zero-order chi connectivity index (χ0) is 21.8. The summed E-state index contributed by atoms with van der Waals surface area (Å²) in [5.41, 5.74) is 0.860. The number of phenolic OH excluding ortho intramolecular Hbond substituents is 1. The van der Waals surface area contributed by atoms with Gasteiger partial charge in [0.05, 0.1) is 0 Å². The zero-order valence-corrected chi connectivity index (χ0v) is 16.9. The van der Waals surface area contributed by atoms with E-state index in [1.807, 2.05) is 54.1 Å². The van der Waals surface area contributed by atoms with Gasteiger partial charge >= 0.3 is 5.97 Å². The second-order valence-electron chi connectivity index (χ2n) is 7.07. The number of amides is 1. The standard InChI is InChI=1S/C24H21N3O4/c1-27-14-13-25-23(27)21(17-8-3-2-4-9-17)26-20(28)15-31-24(30)19-12-11-16-7-5-6-10-18(16)22(19)29/h2-14,21,29H,15H2,1H3,(H,26,28). The average Bonchev–Trinajstić information content (AvgIpc) is 3.22. The Labute approximate surface area is 178 Å². The van der Waals surface area contributed by atoms with Crippen molar-refractivity contribution in [1.29, 1.82) is 0 Å². The number of hydrogen-bond donors (Lipinski definition) is 2. The molecule has 0 spiro atoms. The molecule has 0 radical (unpaired) electrons. The minimum Gasteiger partial charge on any atom is -0.506 e. The summed E-state index contributed by atoms with van der Waals surface area (Å²) in [4.78, 5) is 29.4. The number of carbonyl (C=O) groups excluding carboxylic acids is 2. The van der Waals surface area contributed by atoms with E-state index in [1.54, 1.807) is 30.6 Å². The van der Waals surface area contributed by atoms with Gasteiger partial charge in [-0.05, 0) is 17.0 Å². The molecule has 1 heterocycles. The molecule has 31 heavy (non-hydrogen) atoms. The summed E-state index contributed by atoms with van der Waals surface area (Å²) < 4.78 is 6.98. The van der Waals surface area contributed by atoms with Crippen LogP contribution in [0.3, 0.4) is 0 Å². The average molecular weight is 415 g/mol. The molecule has 0 aliphatic carbocycles. The number of phenols is 1. The van der Waals surface area contributed by atoms with Crippen molar-refractivity contribution >= 4 is 22.6 Å². The van der Waals surface area contributed by atoms with Gasteiger partial charge in [0.25, 0.3) is 5.91 Å². The summed E-state index contributed by atoms with van der Waals surface area (Å²) in [6.45, 7) is -0.487. The zero-order valence-electron chi connectivity index (χ0n) is 16.9. The molecule has 0 fully saturated rings. The Hall–Kier alpha value is -4.13. The van der Waals surface area contributed by atoms with Crippen LogP contribution >= 0.6 is 0 Å². The molecular formula is C24H21N3O4. The smallest absolute Gasteiger partial charge is 0.342 e. The molecule has 3 aromatic carbocycles. The second kappa shape index (κ2) is 8.71. The Morgan fingerprint density at radius 3 is 2.55 bits per heavy atom. The van der Waals surface area contributed by atoms with Gasteiger partial charge in [-0.3, -0.25) is 4.79 Å². The number of imidazole rings is 1. The first-order valence-corrected chi connectivity index (χ1v) is 9.74. The van der Waals surface area contributed by atoms with Crippen LogP contribution in [0.15, 0.2) is 79.1 Å². The number of ether oxygens (including phenoxy) is 1. The second-order valence-corrected chi connectivity index (χ2v) is 7.07. The number of aromatic hydroxyl groups is 1. The fourth-order valence-corrected chi connectivity index (χ4v) is 3.43. The Morgan fingerprint density at radius 1 is 1.06 bits per heavy atom. The Balaban J connectivity index is 1.47. The van der Waals surface area contributed by atoms with Gasteiger partial charge < -0.3 is 19.7 Å². The number of nitrogens with one attached hydrogen (secondary N) is 1. The predicted octanol–water partition coefficient (Wildman–Crippen LogP) is 3.34. The van der Waals surface area contributed by atoms with Crippen molar-refractivity contribution in [2.45, 2.75) is 6.04 Å². The highest BCUT2D eigenvalue weighted by atomic mass is 16.5. The highest BCUT2D eigenvalue weighted by Gasteiger charge is 2.22. The SMILES string of the molecule is Cn1ccnc1C(NC(=O)COC(=O)c1ccc2ccccc2c1O)c1ccccc1. The summed E-state index contributed by atoms with van der Waals surface area (Å²) in [5.74, 6) is -0.770. The number of nitrogens with zero attached hydrogens (tertiary/aromatic N) is 2. The van der Waals surface area contributed by atoms with Crippen LogP contribution in [-0.4, -0.2) is 33.1 Å². The molecule has 2 N–H and O–H groups in total. The van der Waals surface area contributed by atoms with Gasteiger partial charge in [0.15, 0.2) is 6.61 Å². The van der Waals surface area contributed by atoms with Gasteiger partial charge in [0.1, 0.15) is 23.2 Å². The van der Waals surface area contributed by atoms with E-state index in [2.05, 4.69) is 10.3 Å². The van der Waals surface area contributed by atoms with E-state index in [0.717, 1.165) is 10.9 Å². The summed E-state index contributed by atoms with van der Waals surface area (Å²) in [6.07, 6.45) is 3.44. The summed E-state index contributed by atoms with van der Waals surface area (Å²) in [6, 6.07) is 19.3. The minimum atomic E-state index is -0.772. The molecule has 7 heteroatoms. The first-order chi connectivity index (χ1) is 15.0. The number of rotatable bonds is 6. The molecule has 1 aromatic heterocycles. The fraction of sp³-hybridized carbons (Fsp3) is 0.125. The molecule has 7 nitrogen and oxygen atoms in total. The van der Waals surface area contributed by atoms with E-state index in [-0.39, 0.29) is 11.3 Å². The van der Waals surface area contributed by atoms with Crippen LogP contribution in [0.25, 0.3) is 10.8 Å². The molecule has 156 valence electrons. The first kappa shape index (κ1) is 20.2. The van der Waals surface area contributed by atoms with Crippen LogP contribution in [0.4, 0.5) is 0 Å². The van der Waals surface area contributed by atoms with E-state index in [4.69, 9.17) is 4.74 Å². The molecule has 4 aromatic rings. The number of benzene rings is 3. The normalized spacial score (nSPS) is 11.8. The molecule has 1 amide bonds. The largest absolute Gasteiger partial charge is 0.506 e. The molecule has 0 saturated heterocycles. The van der Waals surface area contributed by atoms with E-state index in [9.17, 15) is 14.7 Å². The van der Waals surface area contributed by atoms with Crippen LogP contribution in [-0.2, 0) is 16.6 Å². The van der Waals surface area contributed by atoms with Crippen molar-refractivity contribution in [2.75, 3.05) is 6.61 Å². The van der Waals surface area contributed by atoms with Gasteiger partial charge in [-0.25, -0.2) is 9.78 Å². The predicted molar refractivity (Wildman–Crippen MR) is 116 cm³/mol. The number of aryl methyl sites for hydroxylation is 1.